The summed E-state index contributed by atoms with van der Waals surface area (Å²) in [4.78, 5) is 0. The van der Waals surface area contributed by atoms with Crippen molar-refractivity contribution in [2.45, 2.75) is 99.4 Å². The molecule has 4 aromatic carbocycles. The van der Waals surface area contributed by atoms with Gasteiger partial charge in [-0.25, -0.2) is 0 Å². The normalized spacial score (nSPS) is 18.1. The van der Waals surface area contributed by atoms with Crippen molar-refractivity contribution in [2.24, 2.45) is 0 Å². The minimum absolute atomic E-state index is 0.112. The number of rotatable bonds is 11. The van der Waals surface area contributed by atoms with Gasteiger partial charge in [0.1, 0.15) is 0 Å². The summed E-state index contributed by atoms with van der Waals surface area (Å²) in [6.07, 6.45) is 9.32. The van der Waals surface area contributed by atoms with Gasteiger partial charge in [-0.3, -0.25) is 0 Å². The summed E-state index contributed by atoms with van der Waals surface area (Å²) in [6, 6.07) is 31.7. The van der Waals surface area contributed by atoms with Crippen molar-refractivity contribution in [3.63, 3.8) is 0 Å². The summed E-state index contributed by atoms with van der Waals surface area (Å²) in [5.74, 6) is -0.829. The van der Waals surface area contributed by atoms with Crippen molar-refractivity contribution in [3.05, 3.63) is 129 Å². The third-order valence-electron chi connectivity index (χ3n) is 11.3. The fourth-order valence-corrected chi connectivity index (χ4v) is 40.5. The molecule has 0 radical (unpaired) electrons. The van der Waals surface area contributed by atoms with Gasteiger partial charge >= 0.3 is 302 Å². The molecule has 0 aliphatic heterocycles. The molecular weight excluding hydrogens is 719 g/mol. The summed E-state index contributed by atoms with van der Waals surface area (Å²) in [5.41, 5.74) is 16.6. The third-order valence-corrected chi connectivity index (χ3v) is 63.1. The van der Waals surface area contributed by atoms with Crippen LogP contribution < -0.4 is 0 Å². The minimum atomic E-state index is -4.88. The Hall–Kier alpha value is -1.96. The first kappa shape index (κ1) is 35.9. The maximum absolute atomic E-state index is 8.82. The Balaban J connectivity index is 1.66. The van der Waals surface area contributed by atoms with E-state index in [4.69, 9.17) is 17.0 Å². The van der Waals surface area contributed by atoms with Gasteiger partial charge in [0.2, 0.25) is 0 Å². The number of halogens is 2. The molecule has 0 fully saturated rings. The first-order valence-corrected chi connectivity index (χ1v) is 34.7. The van der Waals surface area contributed by atoms with Gasteiger partial charge in [-0.1, -0.05) is 0 Å². The van der Waals surface area contributed by atoms with Crippen LogP contribution in [0.1, 0.15) is 120 Å². The van der Waals surface area contributed by atoms with Crippen LogP contribution in [-0.2, 0) is 15.6 Å². The molecule has 48 heavy (non-hydrogen) atoms. The van der Waals surface area contributed by atoms with Crippen LogP contribution in [0, 0.1) is 0 Å². The van der Waals surface area contributed by atoms with Crippen molar-refractivity contribution < 1.29 is 15.6 Å². The van der Waals surface area contributed by atoms with E-state index in [1.54, 1.807) is 0 Å². The molecule has 0 nitrogen and oxygen atoms in total. The SMILES string of the molecule is CCCC1=Cc2c(ccc(C(C)C)c2-c2ccccc2)[CH]1[Zr]([Cl])([Cl])([CH]1C(CCC)=Cc2c1ccc(C(C)C)c2-c1ccccc1)[SiH](C)C. The molecule has 6 rings (SSSR count). The van der Waals surface area contributed by atoms with E-state index in [0.29, 0.717) is 11.8 Å². The molecular formula is C44H53Cl2SiZr. The van der Waals surface area contributed by atoms with Gasteiger partial charge in [-0.2, -0.15) is 0 Å². The van der Waals surface area contributed by atoms with Crippen LogP contribution in [0.2, 0.25) is 13.1 Å². The Morgan fingerprint density at radius 3 is 1.27 bits per heavy atom. The van der Waals surface area contributed by atoms with E-state index in [9.17, 15) is 0 Å². The van der Waals surface area contributed by atoms with Gasteiger partial charge in [-0.15, -0.1) is 0 Å². The number of fused-ring (bicyclic) bond motifs is 2. The predicted octanol–water partition coefficient (Wildman–Crippen LogP) is 14.4. The van der Waals surface area contributed by atoms with Crippen molar-refractivity contribution in [1.29, 1.82) is 0 Å². The Morgan fingerprint density at radius 1 is 0.583 bits per heavy atom. The van der Waals surface area contributed by atoms with Crippen LogP contribution in [0.5, 0.6) is 0 Å². The van der Waals surface area contributed by atoms with E-state index in [0.717, 1.165) is 25.7 Å². The summed E-state index contributed by atoms with van der Waals surface area (Å²) in [7, 11) is 17.6. The molecule has 2 aliphatic carbocycles. The second-order valence-corrected chi connectivity index (χ2v) is 57.8. The van der Waals surface area contributed by atoms with E-state index in [2.05, 4.69) is 152 Å². The van der Waals surface area contributed by atoms with Crippen LogP contribution in [0.15, 0.2) is 96.1 Å². The van der Waals surface area contributed by atoms with Crippen LogP contribution in [0.3, 0.4) is 0 Å². The quantitative estimate of drug-likeness (QED) is 0.133. The maximum atomic E-state index is 8.82. The predicted molar refractivity (Wildman–Crippen MR) is 214 cm³/mol. The standard InChI is InChI=1S/2C21H23.C2H7Si.2ClH.Zr/c2*1-4-8-16-13-18-11-12-19(15(2)3)21(20(18)14-16)17-9-6-5-7-10-17;1-3-2;;;/h2*5-7,9-15H,4,8H2,1-3H3;3H,1-2H3;2*1H;/q;;;;;+2/p-2. The molecule has 0 aromatic heterocycles. The van der Waals surface area contributed by atoms with Gasteiger partial charge in [0.05, 0.1) is 0 Å². The molecule has 0 saturated heterocycles. The van der Waals surface area contributed by atoms with Gasteiger partial charge < -0.3 is 0 Å². The van der Waals surface area contributed by atoms with Crippen LogP contribution in [-0.4, -0.2) is 5.92 Å². The summed E-state index contributed by atoms with van der Waals surface area (Å²) >= 11 is -4.88. The van der Waals surface area contributed by atoms with E-state index in [-0.39, 0.29) is 7.25 Å². The molecule has 0 saturated carbocycles. The number of benzene rings is 4. The zero-order chi connectivity index (χ0) is 34.4. The van der Waals surface area contributed by atoms with Gasteiger partial charge in [-0.05, 0) is 0 Å². The molecule has 251 valence electrons. The first-order chi connectivity index (χ1) is 22.9. The number of hydrogen-bond donors (Lipinski definition) is 0. The molecule has 4 heteroatoms. The zero-order valence-electron chi connectivity index (χ0n) is 30.2. The van der Waals surface area contributed by atoms with Gasteiger partial charge in [0.25, 0.3) is 0 Å². The van der Waals surface area contributed by atoms with E-state index >= 15 is 0 Å². The molecule has 4 aromatic rings. The summed E-state index contributed by atoms with van der Waals surface area (Å²) < 4.78 is 0.224. The Kier molecular flexibility index (Phi) is 10.4. The van der Waals surface area contributed by atoms with Gasteiger partial charge in [0.15, 0.2) is 0 Å². The van der Waals surface area contributed by atoms with E-state index in [1.807, 2.05) is 0 Å². The van der Waals surface area contributed by atoms with Crippen LogP contribution >= 0.6 is 17.0 Å². The summed E-state index contributed by atoms with van der Waals surface area (Å²) in [6.45, 7) is 18.9. The molecule has 0 amide bonds. The molecule has 0 N–H and O–H groups in total. The molecule has 2 aliphatic rings. The molecule has 2 atom stereocenters. The molecule has 0 bridgehead atoms. The number of hydrogen-bond acceptors (Lipinski definition) is 0. The average molecular weight is 772 g/mol. The fourth-order valence-electron chi connectivity index (χ4n) is 9.02. The van der Waals surface area contributed by atoms with Crippen molar-refractivity contribution in [2.75, 3.05) is 0 Å². The second kappa shape index (κ2) is 14.0. The molecule has 0 heterocycles. The summed E-state index contributed by atoms with van der Waals surface area (Å²) in [5, 5.41) is 0. The van der Waals surface area contributed by atoms with Crippen molar-refractivity contribution >= 4 is 35.1 Å². The Bertz CT molecular complexity index is 1740. The van der Waals surface area contributed by atoms with Crippen molar-refractivity contribution in [3.8, 4) is 22.3 Å². The van der Waals surface area contributed by atoms with E-state index < -0.39 is 21.5 Å². The Morgan fingerprint density at radius 2 is 0.958 bits per heavy atom. The van der Waals surface area contributed by atoms with Gasteiger partial charge in [0, 0.05) is 0 Å². The van der Waals surface area contributed by atoms with Crippen LogP contribution in [0.25, 0.3) is 34.4 Å². The molecule has 0 spiro atoms. The average Bonchev–Trinajstić information content (AvgIpc) is 3.64. The number of allylic oxidation sites excluding steroid dienone is 2. The van der Waals surface area contributed by atoms with E-state index in [1.165, 1.54) is 66.8 Å². The fraction of sp³-hybridized carbons (Fsp3) is 0.364. The zero-order valence-corrected chi connectivity index (χ0v) is 35.3. The third kappa shape index (κ3) is 5.86. The second-order valence-electron chi connectivity index (χ2n) is 15.3. The van der Waals surface area contributed by atoms with Crippen molar-refractivity contribution in [1.82, 2.24) is 0 Å². The first-order valence-electron chi connectivity index (χ1n) is 18.4. The topological polar surface area (TPSA) is 0 Å². The monoisotopic (exact) mass is 769 g/mol. The molecule has 2 unspecified atom stereocenters. The van der Waals surface area contributed by atoms with Crippen LogP contribution in [0.4, 0.5) is 0 Å². The Labute approximate surface area is 299 Å².